The predicted octanol–water partition coefficient (Wildman–Crippen LogP) is 12.3. The van der Waals surface area contributed by atoms with E-state index in [-0.39, 0.29) is 0 Å². The van der Waals surface area contributed by atoms with Crippen LogP contribution in [0.2, 0.25) is 0 Å². The van der Waals surface area contributed by atoms with Gasteiger partial charge in [-0.2, -0.15) is 0 Å². The Morgan fingerprint density at radius 3 is 1.09 bits per heavy atom. The molecule has 0 aromatic rings. The van der Waals surface area contributed by atoms with Gasteiger partial charge in [-0.3, -0.25) is 0 Å². The Morgan fingerprint density at radius 2 is 0.743 bits per heavy atom. The molecule has 0 aliphatic rings. The van der Waals surface area contributed by atoms with E-state index in [9.17, 15) is 4.79 Å². The number of allylic oxidation sites excluding steroid dienone is 2. The number of carbonyl (C=O) groups excluding carboxylic acids is 1. The summed E-state index contributed by atoms with van der Waals surface area (Å²) in [5.41, 5.74) is 0. The molecule has 0 radical (unpaired) electrons. The second-order valence-electron chi connectivity index (χ2n) is 11.3. The average molecular weight is 491 g/mol. The Hall–Kier alpha value is -0.590. The maximum Gasteiger partial charge on any atom is 0.120 e. The molecule has 0 heterocycles. The van der Waals surface area contributed by atoms with Crippen molar-refractivity contribution in [2.45, 2.75) is 194 Å². The van der Waals surface area contributed by atoms with E-state index in [0.717, 1.165) is 6.42 Å². The SMILES string of the molecule is CCCCCCCC/C=C\CCCCCCCCC(CC=O)CCCCCCCCCCCCC. The summed E-state index contributed by atoms with van der Waals surface area (Å²) in [4.78, 5) is 11.1. The molecule has 0 saturated carbocycles. The molecular formula is C34H66O. The molecular weight excluding hydrogens is 424 g/mol. The van der Waals surface area contributed by atoms with Gasteiger partial charge < -0.3 is 4.79 Å². The van der Waals surface area contributed by atoms with E-state index in [1.54, 1.807) is 0 Å². The summed E-state index contributed by atoms with van der Waals surface area (Å²) in [6.45, 7) is 4.58. The number of rotatable bonds is 30. The van der Waals surface area contributed by atoms with Crippen molar-refractivity contribution in [3.05, 3.63) is 12.2 Å². The van der Waals surface area contributed by atoms with Crippen LogP contribution in [0.4, 0.5) is 0 Å². The van der Waals surface area contributed by atoms with Gasteiger partial charge >= 0.3 is 0 Å². The fourth-order valence-corrected chi connectivity index (χ4v) is 5.29. The molecule has 35 heavy (non-hydrogen) atoms. The summed E-state index contributed by atoms with van der Waals surface area (Å²) in [5, 5.41) is 0. The summed E-state index contributed by atoms with van der Waals surface area (Å²) in [5.74, 6) is 0.655. The third-order valence-corrected chi connectivity index (χ3v) is 7.77. The van der Waals surface area contributed by atoms with Crippen LogP contribution in [0.3, 0.4) is 0 Å². The highest BCUT2D eigenvalue weighted by Crippen LogP contribution is 2.21. The lowest BCUT2D eigenvalue weighted by atomic mass is 9.92. The second kappa shape index (κ2) is 31.4. The molecule has 0 bridgehead atoms. The summed E-state index contributed by atoms with van der Waals surface area (Å²) in [7, 11) is 0. The first-order valence-corrected chi connectivity index (χ1v) is 16.4. The zero-order valence-electron chi connectivity index (χ0n) is 24.5. The van der Waals surface area contributed by atoms with E-state index < -0.39 is 0 Å². The van der Waals surface area contributed by atoms with Crippen LogP contribution in [0.1, 0.15) is 194 Å². The minimum atomic E-state index is 0.655. The van der Waals surface area contributed by atoms with Crippen LogP contribution < -0.4 is 0 Å². The Labute approximate surface area is 222 Å². The van der Waals surface area contributed by atoms with Crippen molar-refractivity contribution < 1.29 is 4.79 Å². The molecule has 0 amide bonds. The van der Waals surface area contributed by atoms with Crippen LogP contribution in [0.5, 0.6) is 0 Å². The molecule has 0 N–H and O–H groups in total. The Kier molecular flexibility index (Phi) is 30.9. The van der Waals surface area contributed by atoms with Crippen molar-refractivity contribution >= 4 is 6.29 Å². The standard InChI is InChI=1S/C34H66O/c1-3-5-7-9-11-13-15-16-17-18-19-21-23-25-27-29-31-34(32-33-35)30-28-26-24-22-20-14-12-10-8-6-4-2/h16-17,33-34H,3-15,18-32H2,1-2H3/b17-16-. The third-order valence-electron chi connectivity index (χ3n) is 7.77. The van der Waals surface area contributed by atoms with Crippen molar-refractivity contribution in [1.29, 1.82) is 0 Å². The first-order chi connectivity index (χ1) is 17.3. The summed E-state index contributed by atoms with van der Waals surface area (Å²) >= 11 is 0. The van der Waals surface area contributed by atoms with Gasteiger partial charge in [0.15, 0.2) is 0 Å². The average Bonchev–Trinajstić information content (AvgIpc) is 2.86. The quantitative estimate of drug-likeness (QED) is 0.0555. The summed E-state index contributed by atoms with van der Waals surface area (Å²) in [6.07, 6.45) is 44.0. The van der Waals surface area contributed by atoms with Crippen LogP contribution in [0.25, 0.3) is 0 Å². The van der Waals surface area contributed by atoms with E-state index in [0.29, 0.717) is 5.92 Å². The van der Waals surface area contributed by atoms with Crippen LogP contribution in [0.15, 0.2) is 12.2 Å². The molecule has 0 aliphatic carbocycles. The van der Waals surface area contributed by atoms with E-state index in [1.807, 2.05) is 0 Å². The number of unbranched alkanes of at least 4 members (excludes halogenated alkanes) is 22. The Morgan fingerprint density at radius 1 is 0.429 bits per heavy atom. The second-order valence-corrected chi connectivity index (χ2v) is 11.3. The van der Waals surface area contributed by atoms with Crippen LogP contribution in [0, 0.1) is 5.92 Å². The molecule has 0 aliphatic heterocycles. The normalized spacial score (nSPS) is 12.5. The van der Waals surface area contributed by atoms with Gasteiger partial charge in [-0.15, -0.1) is 0 Å². The van der Waals surface area contributed by atoms with Crippen LogP contribution in [-0.2, 0) is 4.79 Å². The fraction of sp³-hybridized carbons (Fsp3) is 0.912. The van der Waals surface area contributed by atoms with Gasteiger partial charge in [0.2, 0.25) is 0 Å². The first kappa shape index (κ1) is 34.4. The van der Waals surface area contributed by atoms with Crippen molar-refractivity contribution in [3.8, 4) is 0 Å². The molecule has 0 rings (SSSR count). The van der Waals surface area contributed by atoms with Crippen LogP contribution in [-0.4, -0.2) is 6.29 Å². The molecule has 0 aromatic heterocycles. The molecule has 0 fully saturated rings. The lowest BCUT2D eigenvalue weighted by molar-refractivity contribution is -0.108. The third kappa shape index (κ3) is 29.5. The highest BCUT2D eigenvalue weighted by molar-refractivity contribution is 5.49. The van der Waals surface area contributed by atoms with Crippen molar-refractivity contribution in [2.24, 2.45) is 5.92 Å². The molecule has 1 unspecified atom stereocenters. The minimum Gasteiger partial charge on any atom is -0.303 e. The Bertz CT molecular complexity index is 413. The number of hydrogen-bond donors (Lipinski definition) is 0. The maximum absolute atomic E-state index is 11.1. The topological polar surface area (TPSA) is 17.1 Å². The molecule has 0 saturated heterocycles. The van der Waals surface area contributed by atoms with Crippen LogP contribution >= 0.6 is 0 Å². The number of hydrogen-bond acceptors (Lipinski definition) is 1. The van der Waals surface area contributed by atoms with Gasteiger partial charge in [0.05, 0.1) is 0 Å². The first-order valence-electron chi connectivity index (χ1n) is 16.4. The zero-order chi connectivity index (χ0) is 25.5. The highest BCUT2D eigenvalue weighted by atomic mass is 16.1. The molecule has 1 atom stereocenters. The molecule has 1 heteroatoms. The van der Waals surface area contributed by atoms with Gasteiger partial charge in [-0.1, -0.05) is 174 Å². The van der Waals surface area contributed by atoms with Gasteiger partial charge in [0.25, 0.3) is 0 Å². The lowest BCUT2D eigenvalue weighted by Crippen LogP contribution is -2.02. The van der Waals surface area contributed by atoms with Crippen molar-refractivity contribution in [2.75, 3.05) is 0 Å². The monoisotopic (exact) mass is 491 g/mol. The Balaban J connectivity index is 3.42. The number of aldehydes is 1. The van der Waals surface area contributed by atoms with Gasteiger partial charge in [0.1, 0.15) is 6.29 Å². The van der Waals surface area contributed by atoms with Gasteiger partial charge in [-0.25, -0.2) is 0 Å². The smallest absolute Gasteiger partial charge is 0.120 e. The van der Waals surface area contributed by atoms with E-state index >= 15 is 0 Å². The summed E-state index contributed by atoms with van der Waals surface area (Å²) in [6, 6.07) is 0. The summed E-state index contributed by atoms with van der Waals surface area (Å²) < 4.78 is 0. The lowest BCUT2D eigenvalue weighted by Gasteiger charge is -2.14. The predicted molar refractivity (Wildman–Crippen MR) is 159 cm³/mol. The minimum absolute atomic E-state index is 0.655. The number of carbonyl (C=O) groups is 1. The van der Waals surface area contributed by atoms with E-state index in [4.69, 9.17) is 0 Å². The maximum atomic E-state index is 11.1. The van der Waals surface area contributed by atoms with Crippen molar-refractivity contribution in [3.63, 3.8) is 0 Å². The molecule has 1 nitrogen and oxygen atoms in total. The van der Waals surface area contributed by atoms with E-state index in [2.05, 4.69) is 26.0 Å². The molecule has 0 aromatic carbocycles. The molecule has 0 spiro atoms. The highest BCUT2D eigenvalue weighted by Gasteiger charge is 2.08. The molecule has 208 valence electrons. The largest absolute Gasteiger partial charge is 0.303 e. The zero-order valence-corrected chi connectivity index (χ0v) is 24.5. The van der Waals surface area contributed by atoms with Gasteiger partial charge in [0, 0.05) is 6.42 Å². The van der Waals surface area contributed by atoms with Crippen molar-refractivity contribution in [1.82, 2.24) is 0 Å². The fourth-order valence-electron chi connectivity index (χ4n) is 5.29. The van der Waals surface area contributed by atoms with Gasteiger partial charge in [-0.05, 0) is 31.6 Å². The van der Waals surface area contributed by atoms with E-state index in [1.165, 1.54) is 180 Å².